The number of aromatic nitrogens is 2. The molecule has 0 atom stereocenters. The van der Waals surface area contributed by atoms with Crippen molar-refractivity contribution in [2.45, 2.75) is 5.16 Å². The molecule has 0 saturated carbocycles. The van der Waals surface area contributed by atoms with E-state index >= 15 is 0 Å². The van der Waals surface area contributed by atoms with Gasteiger partial charge in [-0.1, -0.05) is 23.9 Å². The van der Waals surface area contributed by atoms with Crippen molar-refractivity contribution in [1.29, 1.82) is 0 Å². The highest BCUT2D eigenvalue weighted by Gasteiger charge is 2.21. The van der Waals surface area contributed by atoms with Gasteiger partial charge < -0.3 is 29.3 Å². The number of carbonyl (C=O) groups is 1. The highest BCUT2D eigenvalue weighted by molar-refractivity contribution is 7.99. The molecule has 0 unspecified atom stereocenters. The number of rotatable bonds is 9. The number of hydrogen-bond acceptors (Lipinski definition) is 9. The number of carbonyl (C=O) groups excluding carboxylic acids is 1. The van der Waals surface area contributed by atoms with Crippen LogP contribution < -0.4 is 29.3 Å². The van der Waals surface area contributed by atoms with Crippen LogP contribution in [0.1, 0.15) is 0 Å². The summed E-state index contributed by atoms with van der Waals surface area (Å²) in [7, 11) is 4.83. The highest BCUT2D eigenvalue weighted by atomic mass is 32.2. The lowest BCUT2D eigenvalue weighted by molar-refractivity contribution is -0.113. The second-order valence-corrected chi connectivity index (χ2v) is 8.69. The van der Waals surface area contributed by atoms with Crippen molar-refractivity contribution in [3.05, 3.63) is 54.7 Å². The van der Waals surface area contributed by atoms with Gasteiger partial charge in [0.1, 0.15) is 23.1 Å². The van der Waals surface area contributed by atoms with Gasteiger partial charge in [-0.05, 0) is 30.3 Å². The van der Waals surface area contributed by atoms with E-state index in [2.05, 4.69) is 31.2 Å². The van der Waals surface area contributed by atoms with Crippen LogP contribution in [0.4, 0.5) is 17.2 Å². The van der Waals surface area contributed by atoms with Crippen LogP contribution in [0.15, 0.2) is 59.9 Å². The molecule has 35 heavy (non-hydrogen) atoms. The smallest absolute Gasteiger partial charge is 0.234 e. The van der Waals surface area contributed by atoms with E-state index in [1.165, 1.54) is 11.8 Å². The van der Waals surface area contributed by atoms with Gasteiger partial charge in [0, 0.05) is 38.4 Å². The maximum atomic E-state index is 12.6. The summed E-state index contributed by atoms with van der Waals surface area (Å²) in [5.74, 6) is 2.93. The molecule has 10 heteroatoms. The summed E-state index contributed by atoms with van der Waals surface area (Å²) in [6.07, 6.45) is 1.74. The number of methoxy groups -OCH3 is 3. The van der Waals surface area contributed by atoms with Gasteiger partial charge in [0.25, 0.3) is 0 Å². The maximum absolute atomic E-state index is 12.6. The predicted molar refractivity (Wildman–Crippen MR) is 138 cm³/mol. The Kier molecular flexibility index (Phi) is 8.15. The van der Waals surface area contributed by atoms with Crippen LogP contribution in [0, 0.1) is 0 Å². The second kappa shape index (κ2) is 11.7. The van der Waals surface area contributed by atoms with Crippen molar-refractivity contribution in [3.63, 3.8) is 0 Å². The zero-order valence-electron chi connectivity index (χ0n) is 20.1. The zero-order valence-corrected chi connectivity index (χ0v) is 20.9. The molecule has 0 aliphatic carbocycles. The monoisotopic (exact) mass is 495 g/mol. The van der Waals surface area contributed by atoms with Crippen LogP contribution in [-0.2, 0) is 4.79 Å². The Balaban J connectivity index is 1.33. The molecule has 1 N–H and O–H groups in total. The molecule has 9 nitrogen and oxygen atoms in total. The summed E-state index contributed by atoms with van der Waals surface area (Å²) >= 11 is 1.29. The lowest BCUT2D eigenvalue weighted by Gasteiger charge is -2.37. The van der Waals surface area contributed by atoms with Gasteiger partial charge in [-0.2, -0.15) is 0 Å². The Bertz CT molecular complexity index is 1150. The number of ether oxygens (including phenoxy) is 3. The van der Waals surface area contributed by atoms with E-state index in [1.807, 2.05) is 24.3 Å². The van der Waals surface area contributed by atoms with Crippen molar-refractivity contribution in [2.75, 3.05) is 68.4 Å². The molecule has 1 aromatic heterocycles. The van der Waals surface area contributed by atoms with Crippen molar-refractivity contribution in [3.8, 4) is 17.2 Å². The summed E-state index contributed by atoms with van der Waals surface area (Å²) in [6, 6.07) is 15.2. The van der Waals surface area contributed by atoms with Gasteiger partial charge >= 0.3 is 0 Å². The number of thioether (sulfide) groups is 1. The van der Waals surface area contributed by atoms with Crippen LogP contribution in [0.5, 0.6) is 17.2 Å². The summed E-state index contributed by atoms with van der Waals surface area (Å²) in [5, 5.41) is 3.43. The van der Waals surface area contributed by atoms with Gasteiger partial charge in [0.05, 0.1) is 38.5 Å². The molecule has 2 heterocycles. The van der Waals surface area contributed by atoms with E-state index in [4.69, 9.17) is 14.2 Å². The number of nitrogens with zero attached hydrogens (tertiary/aromatic N) is 4. The molecule has 1 aliphatic rings. The van der Waals surface area contributed by atoms with Crippen LogP contribution in [0.2, 0.25) is 0 Å². The van der Waals surface area contributed by atoms with Crippen molar-refractivity contribution in [1.82, 2.24) is 9.97 Å². The van der Waals surface area contributed by atoms with Gasteiger partial charge in [-0.3, -0.25) is 4.79 Å². The predicted octanol–water partition coefficient (Wildman–Crippen LogP) is 3.56. The highest BCUT2D eigenvalue weighted by Crippen LogP contribution is 2.30. The van der Waals surface area contributed by atoms with E-state index in [9.17, 15) is 4.79 Å². The summed E-state index contributed by atoms with van der Waals surface area (Å²) in [6.45, 7) is 3.37. The second-order valence-electron chi connectivity index (χ2n) is 7.75. The van der Waals surface area contributed by atoms with Crippen molar-refractivity contribution < 1.29 is 19.0 Å². The SMILES string of the molecule is COc1ccc(OC)c(NC(=O)CSc2nccc(N3CCN(c4ccccc4OC)CC3)n2)c1. The molecule has 4 rings (SSSR count). The number of anilines is 3. The molecule has 184 valence electrons. The Labute approximate surface area is 209 Å². The fourth-order valence-corrected chi connectivity index (χ4v) is 4.50. The maximum Gasteiger partial charge on any atom is 0.234 e. The fourth-order valence-electron chi connectivity index (χ4n) is 3.87. The van der Waals surface area contributed by atoms with Gasteiger partial charge in [-0.25, -0.2) is 9.97 Å². The molecule has 1 aliphatic heterocycles. The third kappa shape index (κ3) is 6.07. The van der Waals surface area contributed by atoms with Crippen LogP contribution in [0.25, 0.3) is 0 Å². The normalized spacial score (nSPS) is 13.3. The average molecular weight is 496 g/mol. The largest absolute Gasteiger partial charge is 0.497 e. The fraction of sp³-hybridized carbons (Fsp3) is 0.320. The molecule has 0 spiro atoms. The lowest BCUT2D eigenvalue weighted by atomic mass is 10.2. The molecule has 1 amide bonds. The van der Waals surface area contributed by atoms with E-state index in [1.54, 1.807) is 45.7 Å². The first-order valence-corrected chi connectivity index (χ1v) is 12.2. The van der Waals surface area contributed by atoms with Crippen LogP contribution in [-0.4, -0.2) is 69.1 Å². The number of para-hydroxylation sites is 2. The molecule has 2 aromatic carbocycles. The van der Waals surface area contributed by atoms with E-state index < -0.39 is 0 Å². The molecular weight excluding hydrogens is 466 g/mol. The van der Waals surface area contributed by atoms with Gasteiger partial charge in [0.2, 0.25) is 5.91 Å². The van der Waals surface area contributed by atoms with Crippen LogP contribution in [0.3, 0.4) is 0 Å². The Hall–Kier alpha value is -3.66. The standard InChI is InChI=1S/C25H29N5O4S/c1-32-18-8-9-21(33-2)19(16-18)27-24(31)17-35-25-26-11-10-23(28-25)30-14-12-29(13-15-30)20-6-4-5-7-22(20)34-3/h4-11,16H,12-15,17H2,1-3H3,(H,27,31). The van der Waals surface area contributed by atoms with Crippen molar-refractivity contribution in [2.24, 2.45) is 0 Å². The Morgan fingerprint density at radius 2 is 1.69 bits per heavy atom. The van der Waals surface area contributed by atoms with Gasteiger partial charge in [-0.15, -0.1) is 0 Å². The first-order valence-electron chi connectivity index (χ1n) is 11.2. The number of piperazine rings is 1. The number of hydrogen-bond donors (Lipinski definition) is 1. The van der Waals surface area contributed by atoms with E-state index in [0.717, 1.165) is 43.4 Å². The van der Waals surface area contributed by atoms with Gasteiger partial charge in [0.15, 0.2) is 5.16 Å². The number of nitrogens with one attached hydrogen (secondary N) is 1. The average Bonchev–Trinajstić information content (AvgIpc) is 2.92. The summed E-state index contributed by atoms with van der Waals surface area (Å²) in [5.41, 5.74) is 1.66. The minimum atomic E-state index is -0.180. The molecule has 1 fully saturated rings. The minimum Gasteiger partial charge on any atom is -0.497 e. The molecular formula is C25H29N5O4S. The Morgan fingerprint density at radius 1 is 0.943 bits per heavy atom. The minimum absolute atomic E-state index is 0.172. The third-order valence-corrected chi connectivity index (χ3v) is 6.52. The molecule has 0 bridgehead atoms. The molecule has 3 aromatic rings. The third-order valence-electron chi connectivity index (χ3n) is 5.66. The lowest BCUT2D eigenvalue weighted by Crippen LogP contribution is -2.47. The Morgan fingerprint density at radius 3 is 2.43 bits per heavy atom. The van der Waals surface area contributed by atoms with E-state index in [0.29, 0.717) is 22.3 Å². The quantitative estimate of drug-likeness (QED) is 0.354. The molecule has 0 radical (unpaired) electrons. The first kappa shape index (κ1) is 24.5. The first-order chi connectivity index (χ1) is 17.1. The summed E-state index contributed by atoms with van der Waals surface area (Å²) in [4.78, 5) is 26.1. The van der Waals surface area contributed by atoms with E-state index in [-0.39, 0.29) is 11.7 Å². The number of amides is 1. The molecule has 1 saturated heterocycles. The summed E-state index contributed by atoms with van der Waals surface area (Å²) < 4.78 is 16.1. The van der Waals surface area contributed by atoms with Crippen LogP contribution >= 0.6 is 11.8 Å². The number of benzene rings is 2. The topological polar surface area (TPSA) is 89.1 Å². The zero-order chi connectivity index (χ0) is 24.6. The van der Waals surface area contributed by atoms with Crippen molar-refractivity contribution >= 4 is 34.9 Å².